The molecule has 0 bridgehead atoms. The Morgan fingerprint density at radius 2 is 1.88 bits per heavy atom. The van der Waals surface area contributed by atoms with Crippen molar-refractivity contribution in [2.24, 2.45) is 0 Å². The van der Waals surface area contributed by atoms with Crippen LogP contribution in [-0.4, -0.2) is 13.6 Å². The van der Waals surface area contributed by atoms with Crippen LogP contribution in [0.5, 0.6) is 0 Å². The highest BCUT2D eigenvalue weighted by Crippen LogP contribution is 2.22. The Morgan fingerprint density at radius 3 is 2.25 bits per heavy atom. The molecule has 0 atom stereocenters. The lowest BCUT2D eigenvalue weighted by Crippen LogP contribution is -2.09. The SMILES string of the molecule is BC1CCC(=O)CC1. The summed E-state index contributed by atoms with van der Waals surface area (Å²) < 4.78 is 0. The second-order valence-electron chi connectivity index (χ2n) is 2.72. The van der Waals surface area contributed by atoms with E-state index < -0.39 is 0 Å². The first kappa shape index (κ1) is 5.86. The Balaban J connectivity index is 2.29. The van der Waals surface area contributed by atoms with E-state index in [0.29, 0.717) is 5.78 Å². The molecule has 1 fully saturated rings. The summed E-state index contributed by atoms with van der Waals surface area (Å²) in [5.41, 5.74) is 0. The van der Waals surface area contributed by atoms with Crippen LogP contribution < -0.4 is 0 Å². The highest BCUT2D eigenvalue weighted by atomic mass is 16.1. The molecule has 2 heteroatoms. The van der Waals surface area contributed by atoms with E-state index in [4.69, 9.17) is 0 Å². The van der Waals surface area contributed by atoms with Gasteiger partial charge < -0.3 is 0 Å². The minimum atomic E-state index is 0.461. The van der Waals surface area contributed by atoms with Crippen LogP contribution in [0.1, 0.15) is 25.7 Å². The molecule has 0 spiro atoms. The van der Waals surface area contributed by atoms with E-state index in [9.17, 15) is 4.79 Å². The maximum Gasteiger partial charge on any atom is 0.132 e. The van der Waals surface area contributed by atoms with E-state index in [1.165, 1.54) is 0 Å². The quantitative estimate of drug-likeness (QED) is 0.416. The first-order valence-electron chi connectivity index (χ1n) is 3.31. The van der Waals surface area contributed by atoms with Crippen LogP contribution in [0.3, 0.4) is 0 Å². The Labute approximate surface area is 50.9 Å². The number of Topliss-reactive ketones (excluding diaryl/α,β-unsaturated/α-hetero) is 1. The highest BCUT2D eigenvalue weighted by molar-refractivity contribution is 6.12. The molecule has 0 aromatic heterocycles. The van der Waals surface area contributed by atoms with E-state index in [1.807, 2.05) is 0 Å². The van der Waals surface area contributed by atoms with Crippen LogP contribution in [0.2, 0.25) is 5.82 Å². The van der Waals surface area contributed by atoms with E-state index in [-0.39, 0.29) is 0 Å². The molecule has 0 radical (unpaired) electrons. The molecule has 0 unspecified atom stereocenters. The average Bonchev–Trinajstić information content (AvgIpc) is 1.77. The van der Waals surface area contributed by atoms with Gasteiger partial charge in [0, 0.05) is 12.8 Å². The van der Waals surface area contributed by atoms with Crippen molar-refractivity contribution < 1.29 is 4.79 Å². The average molecular weight is 110 g/mol. The van der Waals surface area contributed by atoms with Gasteiger partial charge in [-0.05, 0) is 0 Å². The van der Waals surface area contributed by atoms with Crippen LogP contribution >= 0.6 is 0 Å². The predicted molar refractivity (Wildman–Crippen MR) is 35.8 cm³/mol. The molecule has 0 aromatic carbocycles. The number of carbonyl (C=O) groups excluding carboxylic acids is 1. The number of hydrogen-bond acceptors (Lipinski definition) is 1. The van der Waals surface area contributed by atoms with Gasteiger partial charge in [0.15, 0.2) is 0 Å². The van der Waals surface area contributed by atoms with Gasteiger partial charge in [-0.15, -0.1) is 0 Å². The van der Waals surface area contributed by atoms with E-state index in [1.54, 1.807) is 0 Å². The summed E-state index contributed by atoms with van der Waals surface area (Å²) in [6.07, 6.45) is 3.92. The van der Waals surface area contributed by atoms with E-state index in [0.717, 1.165) is 31.5 Å². The van der Waals surface area contributed by atoms with Crippen molar-refractivity contribution >= 4 is 13.6 Å². The number of hydrogen-bond donors (Lipinski definition) is 0. The molecule has 1 rings (SSSR count). The Kier molecular flexibility index (Phi) is 1.71. The smallest absolute Gasteiger partial charge is 0.132 e. The Morgan fingerprint density at radius 1 is 1.38 bits per heavy atom. The molecule has 0 aromatic rings. The molecular formula is C6H11BO. The Bertz CT molecular complexity index is 90.7. The molecule has 0 saturated heterocycles. The first-order valence-corrected chi connectivity index (χ1v) is 3.31. The lowest BCUT2D eigenvalue weighted by Gasteiger charge is -2.14. The van der Waals surface area contributed by atoms with Gasteiger partial charge in [-0.25, -0.2) is 0 Å². The molecular weight excluding hydrogens is 98.9 g/mol. The van der Waals surface area contributed by atoms with Gasteiger partial charge in [-0.1, -0.05) is 18.7 Å². The minimum Gasteiger partial charge on any atom is -0.300 e. The molecule has 0 aliphatic heterocycles. The zero-order valence-electron chi connectivity index (χ0n) is 5.31. The van der Waals surface area contributed by atoms with Crippen LogP contribution in [0.15, 0.2) is 0 Å². The summed E-state index contributed by atoms with van der Waals surface area (Å²) in [5, 5.41) is 0. The minimum absolute atomic E-state index is 0.461. The topological polar surface area (TPSA) is 17.1 Å². The Hall–Kier alpha value is -0.265. The highest BCUT2D eigenvalue weighted by Gasteiger charge is 2.13. The normalized spacial score (nSPS) is 23.8. The zero-order valence-corrected chi connectivity index (χ0v) is 5.31. The summed E-state index contributed by atoms with van der Waals surface area (Å²) >= 11 is 0. The van der Waals surface area contributed by atoms with Gasteiger partial charge in [0.05, 0.1) is 0 Å². The lowest BCUT2D eigenvalue weighted by atomic mass is 9.75. The number of carbonyl (C=O) groups is 1. The molecule has 0 amide bonds. The van der Waals surface area contributed by atoms with Crippen molar-refractivity contribution in [1.82, 2.24) is 0 Å². The maximum atomic E-state index is 10.6. The third-order valence-electron chi connectivity index (χ3n) is 1.83. The van der Waals surface area contributed by atoms with Gasteiger partial charge >= 0.3 is 0 Å². The molecule has 1 nitrogen and oxygen atoms in total. The van der Waals surface area contributed by atoms with Crippen molar-refractivity contribution in [2.45, 2.75) is 31.5 Å². The summed E-state index contributed by atoms with van der Waals surface area (Å²) in [6.45, 7) is 0. The summed E-state index contributed by atoms with van der Waals surface area (Å²) in [5.74, 6) is 1.26. The molecule has 1 aliphatic rings. The molecule has 0 heterocycles. The molecule has 0 N–H and O–H groups in total. The van der Waals surface area contributed by atoms with Gasteiger partial charge in [0.1, 0.15) is 13.6 Å². The molecule has 8 heavy (non-hydrogen) atoms. The first-order chi connectivity index (χ1) is 3.79. The van der Waals surface area contributed by atoms with Crippen LogP contribution in [0.4, 0.5) is 0 Å². The standard InChI is InChI=1S/C6H11BO/c7-5-1-3-6(8)4-2-5/h5H,1-4,7H2. The summed E-state index contributed by atoms with van der Waals surface area (Å²) in [6, 6.07) is 0. The fourth-order valence-electron chi connectivity index (χ4n) is 1.08. The van der Waals surface area contributed by atoms with Crippen LogP contribution in [0.25, 0.3) is 0 Å². The lowest BCUT2D eigenvalue weighted by molar-refractivity contribution is -0.120. The van der Waals surface area contributed by atoms with Crippen LogP contribution in [0, 0.1) is 0 Å². The third kappa shape index (κ3) is 1.36. The molecule has 1 saturated carbocycles. The summed E-state index contributed by atoms with van der Waals surface area (Å²) in [7, 11) is 2.21. The van der Waals surface area contributed by atoms with Crippen molar-refractivity contribution in [3.63, 3.8) is 0 Å². The molecule has 1 aliphatic carbocycles. The fourth-order valence-corrected chi connectivity index (χ4v) is 1.08. The van der Waals surface area contributed by atoms with Gasteiger partial charge in [-0.2, -0.15) is 0 Å². The van der Waals surface area contributed by atoms with Crippen LogP contribution in [-0.2, 0) is 4.79 Å². The van der Waals surface area contributed by atoms with Crippen molar-refractivity contribution in [2.75, 3.05) is 0 Å². The van der Waals surface area contributed by atoms with Crippen molar-refractivity contribution in [3.8, 4) is 0 Å². The number of ketones is 1. The largest absolute Gasteiger partial charge is 0.300 e. The monoisotopic (exact) mass is 110 g/mol. The predicted octanol–water partition coefficient (Wildman–Crippen LogP) is 0.551. The van der Waals surface area contributed by atoms with Gasteiger partial charge in [0.25, 0.3) is 0 Å². The van der Waals surface area contributed by atoms with Gasteiger partial charge in [-0.3, -0.25) is 4.79 Å². The van der Waals surface area contributed by atoms with Gasteiger partial charge in [0.2, 0.25) is 0 Å². The fraction of sp³-hybridized carbons (Fsp3) is 0.833. The zero-order chi connectivity index (χ0) is 5.98. The third-order valence-corrected chi connectivity index (χ3v) is 1.83. The molecule has 44 valence electrons. The maximum absolute atomic E-state index is 10.6. The van der Waals surface area contributed by atoms with E-state index >= 15 is 0 Å². The second-order valence-corrected chi connectivity index (χ2v) is 2.72. The van der Waals surface area contributed by atoms with Crippen molar-refractivity contribution in [3.05, 3.63) is 0 Å². The number of rotatable bonds is 0. The van der Waals surface area contributed by atoms with E-state index in [2.05, 4.69) is 7.85 Å². The van der Waals surface area contributed by atoms with Crippen molar-refractivity contribution in [1.29, 1.82) is 0 Å². The second kappa shape index (κ2) is 2.34. The summed E-state index contributed by atoms with van der Waals surface area (Å²) in [4.78, 5) is 10.6.